The summed E-state index contributed by atoms with van der Waals surface area (Å²) in [5, 5.41) is 4.09. The van der Waals surface area contributed by atoms with Gasteiger partial charge in [0.2, 0.25) is 0 Å². The number of rotatable bonds is 2. The van der Waals surface area contributed by atoms with Crippen LogP contribution in [0.5, 0.6) is 0 Å². The minimum absolute atomic E-state index is 0.141. The molecule has 0 aliphatic rings. The minimum Gasteiger partial charge on any atom is -0.399 e. The Morgan fingerprint density at radius 1 is 0.429 bits per heavy atom. The molecule has 5 nitrogen and oxygen atoms in total. The van der Waals surface area contributed by atoms with Crippen LogP contribution in [0.4, 0.5) is 16.2 Å². The van der Waals surface area contributed by atoms with Crippen LogP contribution in [0.3, 0.4) is 0 Å². The standard InChI is InChI=1S/C37H26N4O/c38-25-19-15-23(16-20-25)27-9-5-11-31-29-7-1-3-13-33(29)40(35(27)31)37(42)41-34-14-4-2-8-30(34)32-12-6-10-28(36(32)41)24-17-21-26(39)22-18-24/h1-22H,38-39H2. The van der Waals surface area contributed by atoms with E-state index < -0.39 is 0 Å². The maximum atomic E-state index is 15.2. The molecule has 0 radical (unpaired) electrons. The van der Waals surface area contributed by atoms with Crippen molar-refractivity contribution in [2.45, 2.75) is 0 Å². The third kappa shape index (κ3) is 3.47. The number of hydrogen-bond acceptors (Lipinski definition) is 3. The number of aromatic nitrogens is 2. The highest BCUT2D eigenvalue weighted by molar-refractivity contribution is 6.22. The molecular formula is C37H26N4O. The summed E-state index contributed by atoms with van der Waals surface area (Å²) in [7, 11) is 0. The molecule has 4 N–H and O–H groups in total. The Bertz CT molecular complexity index is 2160. The van der Waals surface area contributed by atoms with Gasteiger partial charge in [-0.3, -0.25) is 9.13 Å². The molecular weight excluding hydrogens is 516 g/mol. The molecule has 0 saturated carbocycles. The summed E-state index contributed by atoms with van der Waals surface area (Å²) in [5.74, 6) is 0. The minimum atomic E-state index is -0.141. The average molecular weight is 543 g/mol. The lowest BCUT2D eigenvalue weighted by atomic mass is 10.0. The maximum absolute atomic E-state index is 15.2. The second-order valence-electron chi connectivity index (χ2n) is 10.6. The maximum Gasteiger partial charge on any atom is 0.338 e. The smallest absolute Gasteiger partial charge is 0.338 e. The fourth-order valence-corrected chi connectivity index (χ4v) is 6.33. The Kier molecular flexibility index (Phi) is 5.21. The van der Waals surface area contributed by atoms with Crippen LogP contribution in [0.25, 0.3) is 65.9 Å². The number of nitrogen functional groups attached to an aromatic ring is 2. The van der Waals surface area contributed by atoms with Crippen LogP contribution < -0.4 is 11.5 Å². The van der Waals surface area contributed by atoms with E-state index in [9.17, 15) is 0 Å². The molecule has 0 aliphatic carbocycles. The van der Waals surface area contributed by atoms with E-state index >= 15 is 4.79 Å². The predicted molar refractivity (Wildman–Crippen MR) is 175 cm³/mol. The number of benzene rings is 6. The monoisotopic (exact) mass is 542 g/mol. The number of anilines is 2. The van der Waals surface area contributed by atoms with E-state index in [1.807, 2.05) is 94.1 Å². The average Bonchev–Trinajstić information content (AvgIpc) is 3.55. The van der Waals surface area contributed by atoms with E-state index in [2.05, 4.69) is 48.5 Å². The van der Waals surface area contributed by atoms with Crippen LogP contribution in [0.1, 0.15) is 0 Å². The highest BCUT2D eigenvalue weighted by atomic mass is 16.2. The highest BCUT2D eigenvalue weighted by Crippen LogP contribution is 2.40. The van der Waals surface area contributed by atoms with Crippen molar-refractivity contribution in [3.63, 3.8) is 0 Å². The van der Waals surface area contributed by atoms with Crippen molar-refractivity contribution >= 4 is 61.0 Å². The Balaban J connectivity index is 1.50. The number of fused-ring (bicyclic) bond motifs is 6. The second kappa shape index (κ2) is 9.11. The molecule has 0 fully saturated rings. The lowest BCUT2D eigenvalue weighted by Crippen LogP contribution is -2.19. The Labute approximate surface area is 241 Å². The van der Waals surface area contributed by atoms with Crippen LogP contribution in [0, 0.1) is 0 Å². The van der Waals surface area contributed by atoms with E-state index in [1.54, 1.807) is 0 Å². The summed E-state index contributed by atoms with van der Waals surface area (Å²) in [5.41, 5.74) is 20.8. The zero-order chi connectivity index (χ0) is 28.4. The molecule has 2 heterocycles. The van der Waals surface area contributed by atoms with Crippen molar-refractivity contribution in [2.75, 3.05) is 11.5 Å². The van der Waals surface area contributed by atoms with E-state index in [4.69, 9.17) is 11.5 Å². The predicted octanol–water partition coefficient (Wildman–Crippen LogP) is 8.92. The van der Waals surface area contributed by atoms with Crippen LogP contribution >= 0.6 is 0 Å². The zero-order valence-corrected chi connectivity index (χ0v) is 22.7. The molecule has 0 unspecified atom stereocenters. The Morgan fingerprint density at radius 3 is 1.24 bits per heavy atom. The first-order valence-electron chi connectivity index (χ1n) is 13.9. The molecule has 8 aromatic rings. The summed E-state index contributed by atoms with van der Waals surface area (Å²) in [4.78, 5) is 15.2. The molecule has 6 aromatic carbocycles. The Morgan fingerprint density at radius 2 is 0.810 bits per heavy atom. The number of para-hydroxylation sites is 4. The number of nitrogens with two attached hydrogens (primary N) is 2. The van der Waals surface area contributed by atoms with E-state index in [-0.39, 0.29) is 6.03 Å². The van der Waals surface area contributed by atoms with Crippen LogP contribution in [-0.2, 0) is 0 Å². The normalized spacial score (nSPS) is 11.6. The zero-order valence-electron chi connectivity index (χ0n) is 22.7. The first-order valence-corrected chi connectivity index (χ1v) is 13.9. The van der Waals surface area contributed by atoms with Gasteiger partial charge in [0.15, 0.2) is 0 Å². The van der Waals surface area contributed by atoms with Gasteiger partial charge in [-0.2, -0.15) is 0 Å². The first-order chi connectivity index (χ1) is 20.6. The highest BCUT2D eigenvalue weighted by Gasteiger charge is 2.25. The molecule has 0 amide bonds. The van der Waals surface area contributed by atoms with Gasteiger partial charge in [-0.15, -0.1) is 0 Å². The summed E-state index contributed by atoms with van der Waals surface area (Å²) >= 11 is 0. The van der Waals surface area contributed by atoms with Gasteiger partial charge in [-0.1, -0.05) is 97.1 Å². The van der Waals surface area contributed by atoms with Crippen molar-refractivity contribution in [2.24, 2.45) is 0 Å². The summed E-state index contributed by atoms with van der Waals surface area (Å²) < 4.78 is 3.75. The van der Waals surface area contributed by atoms with Crippen molar-refractivity contribution < 1.29 is 4.79 Å². The van der Waals surface area contributed by atoms with Crippen molar-refractivity contribution in [3.8, 4) is 22.3 Å². The molecule has 42 heavy (non-hydrogen) atoms. The van der Waals surface area contributed by atoms with Gasteiger partial charge in [-0.05, 0) is 47.5 Å². The van der Waals surface area contributed by atoms with Crippen molar-refractivity contribution in [1.29, 1.82) is 0 Å². The van der Waals surface area contributed by atoms with Crippen LogP contribution in [-0.4, -0.2) is 15.2 Å². The van der Waals surface area contributed by atoms with Crippen LogP contribution in [0.15, 0.2) is 133 Å². The van der Waals surface area contributed by atoms with Crippen LogP contribution in [0.2, 0.25) is 0 Å². The number of carbonyl (C=O) groups excluding carboxylic acids is 1. The Hall–Kier alpha value is -5.81. The van der Waals surface area contributed by atoms with Gasteiger partial charge in [0, 0.05) is 44.0 Å². The van der Waals surface area contributed by atoms with Crippen molar-refractivity contribution in [3.05, 3.63) is 133 Å². The molecule has 2 aromatic heterocycles. The lowest BCUT2D eigenvalue weighted by Gasteiger charge is -2.14. The number of hydrogen-bond donors (Lipinski definition) is 2. The van der Waals surface area contributed by atoms with Gasteiger partial charge >= 0.3 is 6.03 Å². The fraction of sp³-hybridized carbons (Fsp3) is 0. The third-order valence-corrected chi connectivity index (χ3v) is 8.22. The molecule has 0 spiro atoms. The number of nitrogens with zero attached hydrogens (tertiary/aromatic N) is 2. The van der Waals surface area contributed by atoms with Gasteiger partial charge in [0.25, 0.3) is 0 Å². The molecule has 200 valence electrons. The first kappa shape index (κ1) is 24.0. The summed E-state index contributed by atoms with van der Waals surface area (Å²) in [6.45, 7) is 0. The number of carbonyl (C=O) groups is 1. The van der Waals surface area contributed by atoms with Crippen molar-refractivity contribution in [1.82, 2.24) is 9.13 Å². The molecule has 0 bridgehead atoms. The van der Waals surface area contributed by atoms with Gasteiger partial charge in [0.05, 0.1) is 22.1 Å². The third-order valence-electron chi connectivity index (χ3n) is 8.22. The topological polar surface area (TPSA) is 79.0 Å². The molecule has 0 atom stereocenters. The molecule has 5 heteroatoms. The second-order valence-corrected chi connectivity index (χ2v) is 10.6. The molecule has 0 saturated heterocycles. The quantitative estimate of drug-likeness (QED) is 0.214. The fourth-order valence-electron chi connectivity index (χ4n) is 6.33. The van der Waals surface area contributed by atoms with E-state index in [0.717, 1.165) is 65.9 Å². The van der Waals surface area contributed by atoms with Gasteiger partial charge < -0.3 is 11.5 Å². The molecule has 8 rings (SSSR count). The van der Waals surface area contributed by atoms with Gasteiger partial charge in [-0.25, -0.2) is 4.79 Å². The lowest BCUT2D eigenvalue weighted by molar-refractivity contribution is 0.247. The van der Waals surface area contributed by atoms with E-state index in [1.165, 1.54) is 0 Å². The van der Waals surface area contributed by atoms with Gasteiger partial charge in [0.1, 0.15) is 0 Å². The SMILES string of the molecule is Nc1ccc(-c2cccc3c4ccccc4n(C(=O)n4c5ccccc5c5cccc(-c6ccc(N)cc6)c54)c23)cc1. The molecule has 0 aliphatic heterocycles. The largest absolute Gasteiger partial charge is 0.399 e. The van der Waals surface area contributed by atoms with E-state index in [0.29, 0.717) is 11.4 Å². The summed E-state index contributed by atoms with van der Waals surface area (Å²) in [6, 6.07) is 44.1. The summed E-state index contributed by atoms with van der Waals surface area (Å²) in [6.07, 6.45) is 0.